The Morgan fingerprint density at radius 3 is 2.58 bits per heavy atom. The Kier molecular flexibility index (Phi) is 3.95. The summed E-state index contributed by atoms with van der Waals surface area (Å²) in [7, 11) is 0. The summed E-state index contributed by atoms with van der Waals surface area (Å²) in [5.41, 5.74) is 4.02. The molecule has 6 nitrogen and oxygen atoms in total. The SMILES string of the molecule is O=C1CCc2cc(C(=O)N3Cc4ccccc4CC3C(=O)O)ccc2N1. The van der Waals surface area contributed by atoms with Crippen LogP contribution in [0.4, 0.5) is 5.69 Å². The maximum absolute atomic E-state index is 13.0. The number of hydrogen-bond donors (Lipinski definition) is 2. The summed E-state index contributed by atoms with van der Waals surface area (Å²) >= 11 is 0. The van der Waals surface area contributed by atoms with Crippen LogP contribution in [0.15, 0.2) is 42.5 Å². The highest BCUT2D eigenvalue weighted by Gasteiger charge is 2.35. The van der Waals surface area contributed by atoms with Gasteiger partial charge in [-0.15, -0.1) is 0 Å². The monoisotopic (exact) mass is 350 g/mol. The number of aryl methyl sites for hydroxylation is 1. The Morgan fingerprint density at radius 2 is 1.81 bits per heavy atom. The van der Waals surface area contributed by atoms with Crippen LogP contribution in [0.2, 0.25) is 0 Å². The van der Waals surface area contributed by atoms with Crippen molar-refractivity contribution in [3.63, 3.8) is 0 Å². The van der Waals surface area contributed by atoms with Gasteiger partial charge in [0.2, 0.25) is 5.91 Å². The third-order valence-corrected chi connectivity index (χ3v) is 5.04. The van der Waals surface area contributed by atoms with Gasteiger partial charge in [-0.2, -0.15) is 0 Å². The van der Waals surface area contributed by atoms with Gasteiger partial charge in [-0.1, -0.05) is 24.3 Å². The number of carboxylic acids is 1. The average molecular weight is 350 g/mol. The predicted molar refractivity (Wildman–Crippen MR) is 94.8 cm³/mol. The van der Waals surface area contributed by atoms with Crippen LogP contribution in [0.3, 0.4) is 0 Å². The van der Waals surface area contributed by atoms with Gasteiger partial charge in [-0.25, -0.2) is 4.79 Å². The molecule has 0 bridgehead atoms. The first-order valence-corrected chi connectivity index (χ1v) is 8.56. The largest absolute Gasteiger partial charge is 0.480 e. The summed E-state index contributed by atoms with van der Waals surface area (Å²) in [6.07, 6.45) is 1.27. The standard InChI is InChI=1S/C20H18N2O4/c23-18-8-6-13-9-14(5-7-16(13)21-18)19(24)22-11-15-4-2-1-3-12(15)10-17(22)20(25)26/h1-5,7,9,17H,6,8,10-11H2,(H,21,23)(H,25,26). The molecule has 4 rings (SSSR count). The Balaban J connectivity index is 1.66. The van der Waals surface area contributed by atoms with Crippen molar-refractivity contribution in [3.05, 3.63) is 64.7 Å². The number of rotatable bonds is 2. The highest BCUT2D eigenvalue weighted by Crippen LogP contribution is 2.28. The van der Waals surface area contributed by atoms with E-state index in [2.05, 4.69) is 5.32 Å². The number of nitrogens with one attached hydrogen (secondary N) is 1. The fourth-order valence-corrected chi connectivity index (χ4v) is 3.64. The van der Waals surface area contributed by atoms with Crippen molar-refractivity contribution in [3.8, 4) is 0 Å². The lowest BCUT2D eigenvalue weighted by Crippen LogP contribution is -2.48. The van der Waals surface area contributed by atoms with E-state index in [0.29, 0.717) is 24.8 Å². The Morgan fingerprint density at radius 1 is 1.04 bits per heavy atom. The van der Waals surface area contributed by atoms with E-state index in [4.69, 9.17) is 0 Å². The molecule has 0 saturated carbocycles. The molecule has 2 N–H and O–H groups in total. The minimum absolute atomic E-state index is 0.0323. The minimum atomic E-state index is -1.00. The van der Waals surface area contributed by atoms with E-state index in [9.17, 15) is 19.5 Å². The lowest BCUT2D eigenvalue weighted by atomic mass is 9.93. The van der Waals surface area contributed by atoms with Crippen molar-refractivity contribution >= 4 is 23.5 Å². The first-order chi connectivity index (χ1) is 12.5. The zero-order valence-corrected chi connectivity index (χ0v) is 14.1. The molecule has 26 heavy (non-hydrogen) atoms. The zero-order chi connectivity index (χ0) is 18.3. The van der Waals surface area contributed by atoms with Crippen molar-refractivity contribution < 1.29 is 19.5 Å². The van der Waals surface area contributed by atoms with Crippen molar-refractivity contribution in [2.45, 2.75) is 31.8 Å². The van der Waals surface area contributed by atoms with Gasteiger partial charge < -0.3 is 15.3 Å². The van der Waals surface area contributed by atoms with Gasteiger partial charge in [0.25, 0.3) is 5.91 Å². The fraction of sp³-hybridized carbons (Fsp3) is 0.250. The molecule has 0 saturated heterocycles. The van der Waals surface area contributed by atoms with E-state index in [1.165, 1.54) is 4.90 Å². The Hall–Kier alpha value is -3.15. The maximum Gasteiger partial charge on any atom is 0.326 e. The molecule has 1 atom stereocenters. The second-order valence-electron chi connectivity index (χ2n) is 6.68. The van der Waals surface area contributed by atoms with Crippen LogP contribution in [0.5, 0.6) is 0 Å². The molecule has 2 heterocycles. The summed E-state index contributed by atoms with van der Waals surface area (Å²) in [5.74, 6) is -1.33. The molecule has 6 heteroatoms. The molecule has 2 amide bonds. The van der Waals surface area contributed by atoms with Gasteiger partial charge >= 0.3 is 5.97 Å². The van der Waals surface area contributed by atoms with E-state index < -0.39 is 12.0 Å². The summed E-state index contributed by atoms with van der Waals surface area (Å²) in [6, 6.07) is 11.9. The highest BCUT2D eigenvalue weighted by atomic mass is 16.4. The quantitative estimate of drug-likeness (QED) is 0.869. The van der Waals surface area contributed by atoms with Crippen molar-refractivity contribution in [2.24, 2.45) is 0 Å². The number of fused-ring (bicyclic) bond motifs is 2. The van der Waals surface area contributed by atoms with Crippen LogP contribution in [0, 0.1) is 0 Å². The van der Waals surface area contributed by atoms with E-state index in [-0.39, 0.29) is 18.4 Å². The molecule has 132 valence electrons. The van der Waals surface area contributed by atoms with E-state index in [0.717, 1.165) is 22.4 Å². The number of anilines is 1. The number of nitrogens with zero attached hydrogens (tertiary/aromatic N) is 1. The predicted octanol–water partition coefficient (Wildman–Crippen LogP) is 2.22. The molecule has 2 aliphatic rings. The van der Waals surface area contributed by atoms with Crippen molar-refractivity contribution in [2.75, 3.05) is 5.32 Å². The molecule has 2 aromatic carbocycles. The number of carbonyl (C=O) groups excluding carboxylic acids is 2. The third-order valence-electron chi connectivity index (χ3n) is 5.04. The number of aliphatic carboxylic acids is 1. The second kappa shape index (κ2) is 6.29. The summed E-state index contributed by atoms with van der Waals surface area (Å²) in [5, 5.41) is 12.4. The number of amides is 2. The van der Waals surface area contributed by atoms with Crippen LogP contribution in [-0.4, -0.2) is 33.8 Å². The first kappa shape index (κ1) is 16.3. The zero-order valence-electron chi connectivity index (χ0n) is 14.1. The minimum Gasteiger partial charge on any atom is -0.480 e. The lowest BCUT2D eigenvalue weighted by Gasteiger charge is -2.34. The van der Waals surface area contributed by atoms with E-state index in [1.807, 2.05) is 24.3 Å². The highest BCUT2D eigenvalue weighted by molar-refractivity contribution is 5.99. The molecule has 2 aromatic rings. The van der Waals surface area contributed by atoms with Crippen LogP contribution in [-0.2, 0) is 29.0 Å². The van der Waals surface area contributed by atoms with E-state index >= 15 is 0 Å². The molecule has 2 aliphatic heterocycles. The Bertz CT molecular complexity index is 922. The number of carboxylic acid groups (broad SMARTS) is 1. The van der Waals surface area contributed by atoms with Gasteiger partial charge in [-0.05, 0) is 41.3 Å². The van der Waals surface area contributed by atoms with Crippen molar-refractivity contribution in [1.82, 2.24) is 4.90 Å². The van der Waals surface area contributed by atoms with E-state index in [1.54, 1.807) is 18.2 Å². The molecule has 0 spiro atoms. The maximum atomic E-state index is 13.0. The summed E-state index contributed by atoms with van der Waals surface area (Å²) < 4.78 is 0. The van der Waals surface area contributed by atoms with Gasteiger partial charge in [0.05, 0.1) is 0 Å². The number of benzene rings is 2. The summed E-state index contributed by atoms with van der Waals surface area (Å²) in [6.45, 7) is 0.278. The first-order valence-electron chi connectivity index (χ1n) is 8.56. The van der Waals surface area contributed by atoms with Crippen LogP contribution in [0.25, 0.3) is 0 Å². The summed E-state index contributed by atoms with van der Waals surface area (Å²) in [4.78, 5) is 37.7. The molecule has 0 aliphatic carbocycles. The Labute approximate surface area is 150 Å². The number of carbonyl (C=O) groups is 3. The van der Waals surface area contributed by atoms with Gasteiger partial charge in [0.15, 0.2) is 0 Å². The second-order valence-corrected chi connectivity index (χ2v) is 6.68. The molecular weight excluding hydrogens is 332 g/mol. The smallest absolute Gasteiger partial charge is 0.326 e. The van der Waals surface area contributed by atoms with Gasteiger partial charge in [-0.3, -0.25) is 9.59 Å². The molecule has 0 fully saturated rings. The lowest BCUT2D eigenvalue weighted by molar-refractivity contribution is -0.142. The third kappa shape index (κ3) is 2.83. The van der Waals surface area contributed by atoms with Crippen LogP contribution >= 0.6 is 0 Å². The molecule has 1 unspecified atom stereocenters. The molecule has 0 radical (unpaired) electrons. The van der Waals surface area contributed by atoms with Gasteiger partial charge in [0.1, 0.15) is 6.04 Å². The normalized spacial score (nSPS) is 18.5. The molecule has 0 aromatic heterocycles. The van der Waals surface area contributed by atoms with Crippen molar-refractivity contribution in [1.29, 1.82) is 0 Å². The van der Waals surface area contributed by atoms with Crippen LogP contribution in [0.1, 0.15) is 33.5 Å². The molecular formula is C20H18N2O4. The average Bonchev–Trinajstić information content (AvgIpc) is 2.65. The van der Waals surface area contributed by atoms with Crippen LogP contribution < -0.4 is 5.32 Å². The number of hydrogen-bond acceptors (Lipinski definition) is 3. The fourth-order valence-electron chi connectivity index (χ4n) is 3.64. The topological polar surface area (TPSA) is 86.7 Å². The van der Waals surface area contributed by atoms with Gasteiger partial charge in [0, 0.05) is 30.6 Å².